The fourth-order valence-corrected chi connectivity index (χ4v) is 1.97. The predicted molar refractivity (Wildman–Crippen MR) is 57.8 cm³/mol. The Morgan fingerprint density at radius 2 is 2.13 bits per heavy atom. The molecule has 4 nitrogen and oxygen atoms in total. The van der Waals surface area contributed by atoms with E-state index >= 15 is 0 Å². The van der Waals surface area contributed by atoms with Gasteiger partial charge in [0.15, 0.2) is 0 Å². The van der Waals surface area contributed by atoms with Crippen LogP contribution in [-0.2, 0) is 4.79 Å². The number of nitrogens with one attached hydrogen (secondary N) is 1. The standard InChI is InChI=1S/C11H19N3O/c1-9(5-8-12)14-10(15)11(13)6-3-2-4-7-11/h9H,2-7,13H2,1H3,(H,14,15). The molecule has 1 saturated carbocycles. The van der Waals surface area contributed by atoms with Crippen LogP contribution >= 0.6 is 0 Å². The first-order valence-electron chi connectivity index (χ1n) is 5.55. The quantitative estimate of drug-likeness (QED) is 0.729. The summed E-state index contributed by atoms with van der Waals surface area (Å²) in [6.07, 6.45) is 5.07. The molecule has 15 heavy (non-hydrogen) atoms. The number of rotatable bonds is 3. The van der Waals surface area contributed by atoms with Crippen LogP contribution in [0.3, 0.4) is 0 Å². The van der Waals surface area contributed by atoms with Crippen molar-refractivity contribution in [3.8, 4) is 6.07 Å². The summed E-state index contributed by atoms with van der Waals surface area (Å²) in [6, 6.07) is 1.93. The van der Waals surface area contributed by atoms with E-state index in [1.807, 2.05) is 13.0 Å². The molecule has 0 aromatic carbocycles. The van der Waals surface area contributed by atoms with Crippen molar-refractivity contribution in [1.29, 1.82) is 5.26 Å². The predicted octanol–water partition coefficient (Wildman–Crippen LogP) is 1.07. The molecule has 4 heteroatoms. The maximum absolute atomic E-state index is 11.9. The van der Waals surface area contributed by atoms with E-state index in [1.165, 1.54) is 6.42 Å². The van der Waals surface area contributed by atoms with Gasteiger partial charge >= 0.3 is 0 Å². The van der Waals surface area contributed by atoms with E-state index in [2.05, 4.69) is 5.32 Å². The molecule has 0 bridgehead atoms. The molecule has 0 aliphatic heterocycles. The molecule has 1 unspecified atom stereocenters. The van der Waals surface area contributed by atoms with Crippen LogP contribution in [0.5, 0.6) is 0 Å². The average Bonchev–Trinajstić information content (AvgIpc) is 2.19. The lowest BCUT2D eigenvalue weighted by molar-refractivity contribution is -0.128. The van der Waals surface area contributed by atoms with Crippen LogP contribution in [-0.4, -0.2) is 17.5 Å². The van der Waals surface area contributed by atoms with Gasteiger partial charge in [0.2, 0.25) is 5.91 Å². The number of nitrogens with zero attached hydrogens (tertiary/aromatic N) is 1. The first-order valence-corrected chi connectivity index (χ1v) is 5.55. The summed E-state index contributed by atoms with van der Waals surface area (Å²) in [6.45, 7) is 1.83. The van der Waals surface area contributed by atoms with Crippen LogP contribution in [0.25, 0.3) is 0 Å². The Morgan fingerprint density at radius 1 is 1.53 bits per heavy atom. The van der Waals surface area contributed by atoms with E-state index in [-0.39, 0.29) is 11.9 Å². The molecule has 1 rings (SSSR count). The van der Waals surface area contributed by atoms with Crippen LogP contribution in [0.2, 0.25) is 0 Å². The Balaban J connectivity index is 2.48. The minimum absolute atomic E-state index is 0.0926. The average molecular weight is 209 g/mol. The summed E-state index contributed by atoms with van der Waals surface area (Å²) in [7, 11) is 0. The van der Waals surface area contributed by atoms with Crippen LogP contribution < -0.4 is 11.1 Å². The Morgan fingerprint density at radius 3 is 2.67 bits per heavy atom. The second-order valence-electron chi connectivity index (χ2n) is 4.45. The monoisotopic (exact) mass is 209 g/mol. The molecule has 0 spiro atoms. The lowest BCUT2D eigenvalue weighted by Gasteiger charge is -2.32. The third-order valence-electron chi connectivity index (χ3n) is 2.97. The molecular weight excluding hydrogens is 190 g/mol. The lowest BCUT2D eigenvalue weighted by Crippen LogP contribution is -2.56. The number of amides is 1. The van der Waals surface area contributed by atoms with Gasteiger partial charge < -0.3 is 11.1 Å². The molecule has 1 atom stereocenters. The normalized spacial score (nSPS) is 21.4. The molecule has 0 radical (unpaired) electrons. The van der Waals surface area contributed by atoms with Crippen molar-refractivity contribution in [3.63, 3.8) is 0 Å². The zero-order valence-corrected chi connectivity index (χ0v) is 9.25. The Hall–Kier alpha value is -1.08. The highest BCUT2D eigenvalue weighted by Gasteiger charge is 2.35. The fourth-order valence-electron chi connectivity index (χ4n) is 1.97. The van der Waals surface area contributed by atoms with Crippen molar-refractivity contribution in [1.82, 2.24) is 5.32 Å². The molecule has 0 saturated heterocycles. The summed E-state index contributed by atoms with van der Waals surface area (Å²) in [5.74, 6) is -0.0926. The number of hydrogen-bond acceptors (Lipinski definition) is 3. The third-order valence-corrected chi connectivity index (χ3v) is 2.97. The largest absolute Gasteiger partial charge is 0.351 e. The van der Waals surface area contributed by atoms with E-state index in [0.29, 0.717) is 6.42 Å². The minimum atomic E-state index is -0.692. The topological polar surface area (TPSA) is 78.9 Å². The Labute approximate surface area is 90.8 Å². The third kappa shape index (κ3) is 3.21. The van der Waals surface area contributed by atoms with Crippen molar-refractivity contribution in [2.24, 2.45) is 5.73 Å². The van der Waals surface area contributed by atoms with E-state index in [4.69, 9.17) is 11.0 Å². The summed E-state index contributed by atoms with van der Waals surface area (Å²) in [5.41, 5.74) is 5.36. The van der Waals surface area contributed by atoms with Gasteiger partial charge in [0, 0.05) is 6.04 Å². The first kappa shape index (κ1) is 12.0. The van der Waals surface area contributed by atoms with Crippen LogP contribution in [0, 0.1) is 11.3 Å². The Kier molecular flexibility index (Phi) is 4.10. The van der Waals surface area contributed by atoms with Gasteiger partial charge in [-0.2, -0.15) is 5.26 Å². The van der Waals surface area contributed by atoms with Crippen molar-refractivity contribution in [3.05, 3.63) is 0 Å². The number of nitriles is 1. The van der Waals surface area contributed by atoms with Crippen LogP contribution in [0.15, 0.2) is 0 Å². The van der Waals surface area contributed by atoms with E-state index in [9.17, 15) is 4.79 Å². The number of carbonyl (C=O) groups is 1. The number of hydrogen-bond donors (Lipinski definition) is 2. The van der Waals surface area contributed by atoms with Gasteiger partial charge in [-0.05, 0) is 19.8 Å². The minimum Gasteiger partial charge on any atom is -0.351 e. The maximum Gasteiger partial charge on any atom is 0.240 e. The molecule has 1 aliphatic rings. The van der Waals surface area contributed by atoms with Crippen LogP contribution in [0.4, 0.5) is 0 Å². The molecule has 1 aliphatic carbocycles. The molecule has 84 valence electrons. The summed E-state index contributed by atoms with van der Waals surface area (Å²) < 4.78 is 0. The zero-order chi connectivity index (χ0) is 11.3. The lowest BCUT2D eigenvalue weighted by atomic mass is 9.82. The molecule has 1 amide bonds. The highest BCUT2D eigenvalue weighted by Crippen LogP contribution is 2.26. The molecule has 0 aromatic rings. The van der Waals surface area contributed by atoms with Crippen molar-refractivity contribution in [2.45, 2.75) is 57.0 Å². The number of carbonyl (C=O) groups excluding carboxylic acids is 1. The molecule has 0 heterocycles. The van der Waals surface area contributed by atoms with Gasteiger partial charge in [0.1, 0.15) is 0 Å². The van der Waals surface area contributed by atoms with Gasteiger partial charge in [-0.3, -0.25) is 4.79 Å². The van der Waals surface area contributed by atoms with Crippen molar-refractivity contribution < 1.29 is 4.79 Å². The smallest absolute Gasteiger partial charge is 0.240 e. The molecular formula is C11H19N3O. The van der Waals surface area contributed by atoms with Crippen molar-refractivity contribution >= 4 is 5.91 Å². The Bertz CT molecular complexity index is 263. The van der Waals surface area contributed by atoms with E-state index in [0.717, 1.165) is 25.7 Å². The summed E-state index contributed by atoms with van der Waals surface area (Å²) in [5, 5.41) is 11.3. The molecule has 3 N–H and O–H groups in total. The highest BCUT2D eigenvalue weighted by molar-refractivity contribution is 5.86. The fraction of sp³-hybridized carbons (Fsp3) is 0.818. The second kappa shape index (κ2) is 5.13. The van der Waals surface area contributed by atoms with Gasteiger partial charge in [-0.25, -0.2) is 0 Å². The second-order valence-corrected chi connectivity index (χ2v) is 4.45. The first-order chi connectivity index (χ1) is 7.08. The van der Waals surface area contributed by atoms with Crippen molar-refractivity contribution in [2.75, 3.05) is 0 Å². The van der Waals surface area contributed by atoms with Gasteiger partial charge in [-0.1, -0.05) is 19.3 Å². The molecule has 1 fully saturated rings. The molecule has 0 aromatic heterocycles. The maximum atomic E-state index is 11.9. The summed E-state index contributed by atoms with van der Waals surface area (Å²) >= 11 is 0. The zero-order valence-electron chi connectivity index (χ0n) is 9.25. The highest BCUT2D eigenvalue weighted by atomic mass is 16.2. The van der Waals surface area contributed by atoms with Crippen LogP contribution in [0.1, 0.15) is 45.4 Å². The number of nitrogens with two attached hydrogens (primary N) is 1. The van der Waals surface area contributed by atoms with E-state index < -0.39 is 5.54 Å². The van der Waals surface area contributed by atoms with Gasteiger partial charge in [0.05, 0.1) is 18.0 Å². The SMILES string of the molecule is CC(CC#N)NC(=O)C1(N)CCCCC1. The summed E-state index contributed by atoms with van der Waals surface area (Å²) in [4.78, 5) is 11.9. The van der Waals surface area contributed by atoms with Gasteiger partial charge in [-0.15, -0.1) is 0 Å². The van der Waals surface area contributed by atoms with Gasteiger partial charge in [0.25, 0.3) is 0 Å². The van der Waals surface area contributed by atoms with E-state index in [1.54, 1.807) is 0 Å².